The molecule has 1 saturated heterocycles. The summed E-state index contributed by atoms with van der Waals surface area (Å²) in [6.45, 7) is 1.09. The molecule has 0 N–H and O–H groups in total. The fourth-order valence-electron chi connectivity index (χ4n) is 3.06. The van der Waals surface area contributed by atoms with Gasteiger partial charge in [-0.15, -0.1) is 0 Å². The monoisotopic (exact) mass is 365 g/mol. The molecule has 3 aromatic rings. The molecule has 0 bridgehead atoms. The van der Waals surface area contributed by atoms with Crippen LogP contribution in [0.4, 0.5) is 0 Å². The molecule has 2 aromatic carbocycles. The van der Waals surface area contributed by atoms with E-state index in [1.54, 1.807) is 37.3 Å². The lowest BCUT2D eigenvalue weighted by atomic mass is 9.98. The molecular weight excluding hydrogens is 346 g/mol. The van der Waals surface area contributed by atoms with Gasteiger partial charge in [-0.05, 0) is 18.2 Å². The summed E-state index contributed by atoms with van der Waals surface area (Å²) in [5.74, 6) is 2.24. The van der Waals surface area contributed by atoms with E-state index < -0.39 is 0 Å². The van der Waals surface area contributed by atoms with Crippen molar-refractivity contribution in [3.05, 3.63) is 60.0 Å². The first-order valence-electron chi connectivity index (χ1n) is 8.60. The minimum atomic E-state index is -0.0602. The van der Waals surface area contributed by atoms with Gasteiger partial charge in [0.1, 0.15) is 0 Å². The Labute approximate surface area is 156 Å². The Bertz CT molecular complexity index is 949. The molecule has 0 aliphatic carbocycles. The molecule has 27 heavy (non-hydrogen) atoms. The number of hydrogen-bond acceptors (Lipinski definition) is 6. The van der Waals surface area contributed by atoms with E-state index in [1.807, 2.05) is 30.3 Å². The molecule has 7 nitrogen and oxygen atoms in total. The van der Waals surface area contributed by atoms with Gasteiger partial charge in [0.2, 0.25) is 11.7 Å². The molecule has 1 aliphatic rings. The summed E-state index contributed by atoms with van der Waals surface area (Å²) >= 11 is 0. The molecule has 4 rings (SSSR count). The highest BCUT2D eigenvalue weighted by Gasteiger charge is 2.36. The van der Waals surface area contributed by atoms with Crippen molar-refractivity contribution < 1.29 is 18.8 Å². The van der Waals surface area contributed by atoms with Gasteiger partial charge in [-0.3, -0.25) is 4.79 Å². The maximum atomic E-state index is 12.7. The van der Waals surface area contributed by atoms with Gasteiger partial charge in [-0.25, -0.2) is 0 Å². The molecule has 1 fully saturated rings. The van der Waals surface area contributed by atoms with Crippen LogP contribution in [0.5, 0.6) is 11.5 Å². The Morgan fingerprint density at radius 2 is 1.81 bits per heavy atom. The minimum absolute atomic E-state index is 0.0547. The lowest BCUT2D eigenvalue weighted by Crippen LogP contribution is -2.48. The number of likely N-dealkylation sites (tertiary alicyclic amines) is 1. The van der Waals surface area contributed by atoms with E-state index in [4.69, 9.17) is 14.0 Å². The minimum Gasteiger partial charge on any atom is -0.493 e. The number of benzene rings is 2. The van der Waals surface area contributed by atoms with Crippen LogP contribution in [0.25, 0.3) is 11.4 Å². The van der Waals surface area contributed by atoms with Crippen molar-refractivity contribution in [2.24, 2.45) is 0 Å². The molecule has 1 amide bonds. The summed E-state index contributed by atoms with van der Waals surface area (Å²) in [5, 5.41) is 4.04. The van der Waals surface area contributed by atoms with Crippen molar-refractivity contribution in [3.8, 4) is 22.9 Å². The number of carbonyl (C=O) groups is 1. The first-order chi connectivity index (χ1) is 13.2. The SMILES string of the molecule is COc1ccc(C(=O)N2CC(c3nc(-c4ccccc4)no3)C2)cc1OC. The number of ether oxygens (including phenoxy) is 2. The van der Waals surface area contributed by atoms with Crippen molar-refractivity contribution in [1.82, 2.24) is 15.0 Å². The van der Waals surface area contributed by atoms with Crippen LogP contribution in [-0.4, -0.2) is 48.3 Å². The van der Waals surface area contributed by atoms with E-state index >= 15 is 0 Å². The Morgan fingerprint density at radius 3 is 2.52 bits per heavy atom. The Kier molecular flexibility index (Phi) is 4.50. The number of carbonyl (C=O) groups excluding carboxylic acids is 1. The van der Waals surface area contributed by atoms with Crippen LogP contribution in [0, 0.1) is 0 Å². The summed E-state index contributed by atoms with van der Waals surface area (Å²) in [6.07, 6.45) is 0. The number of rotatable bonds is 5. The molecule has 1 aromatic heterocycles. The Hall–Kier alpha value is -3.35. The predicted octanol–water partition coefficient (Wildman–Crippen LogP) is 2.99. The first kappa shape index (κ1) is 17.1. The predicted molar refractivity (Wildman–Crippen MR) is 97.9 cm³/mol. The number of nitrogens with zero attached hydrogens (tertiary/aromatic N) is 3. The summed E-state index contributed by atoms with van der Waals surface area (Å²) < 4.78 is 15.9. The van der Waals surface area contributed by atoms with Gasteiger partial charge in [0.05, 0.1) is 20.1 Å². The maximum absolute atomic E-state index is 12.7. The van der Waals surface area contributed by atoms with Crippen LogP contribution >= 0.6 is 0 Å². The summed E-state index contributed by atoms with van der Waals surface area (Å²) in [4.78, 5) is 18.9. The normalized spacial score (nSPS) is 13.9. The molecule has 0 unspecified atom stereocenters. The van der Waals surface area contributed by atoms with Gasteiger partial charge >= 0.3 is 0 Å². The molecule has 2 heterocycles. The van der Waals surface area contributed by atoms with Crippen molar-refractivity contribution >= 4 is 5.91 Å². The van der Waals surface area contributed by atoms with Crippen molar-refractivity contribution in [2.45, 2.75) is 5.92 Å². The molecule has 0 radical (unpaired) electrons. The second-order valence-electron chi connectivity index (χ2n) is 6.30. The van der Waals surface area contributed by atoms with Gasteiger partial charge in [-0.1, -0.05) is 35.5 Å². The van der Waals surface area contributed by atoms with E-state index in [0.29, 0.717) is 41.9 Å². The number of methoxy groups -OCH3 is 2. The fraction of sp³-hybridized carbons (Fsp3) is 0.250. The summed E-state index contributed by atoms with van der Waals surface area (Å²) in [7, 11) is 3.11. The molecule has 7 heteroatoms. The largest absolute Gasteiger partial charge is 0.493 e. The van der Waals surface area contributed by atoms with Crippen LogP contribution in [0.3, 0.4) is 0 Å². The summed E-state index contributed by atoms with van der Waals surface area (Å²) in [6, 6.07) is 14.8. The topological polar surface area (TPSA) is 77.7 Å². The molecule has 138 valence electrons. The zero-order chi connectivity index (χ0) is 18.8. The average molecular weight is 365 g/mol. The molecule has 0 atom stereocenters. The second kappa shape index (κ2) is 7.11. The van der Waals surface area contributed by atoms with Crippen molar-refractivity contribution in [2.75, 3.05) is 27.3 Å². The smallest absolute Gasteiger partial charge is 0.254 e. The molecule has 1 aliphatic heterocycles. The Morgan fingerprint density at radius 1 is 1.07 bits per heavy atom. The van der Waals surface area contributed by atoms with Crippen LogP contribution in [0.1, 0.15) is 22.2 Å². The maximum Gasteiger partial charge on any atom is 0.254 e. The van der Waals surface area contributed by atoms with Crippen LogP contribution in [0.2, 0.25) is 0 Å². The van der Waals surface area contributed by atoms with Crippen molar-refractivity contribution in [1.29, 1.82) is 0 Å². The highest BCUT2D eigenvalue weighted by Crippen LogP contribution is 2.31. The standard InChI is InChI=1S/C20H19N3O4/c1-25-16-9-8-14(10-17(16)26-2)20(24)23-11-15(12-23)19-21-18(22-27-19)13-6-4-3-5-7-13/h3-10,15H,11-12H2,1-2H3. The Balaban J connectivity index is 1.42. The van der Waals surface area contributed by atoms with E-state index in [9.17, 15) is 4.79 Å². The third-order valence-corrected chi connectivity index (χ3v) is 4.62. The van der Waals surface area contributed by atoms with E-state index in [2.05, 4.69) is 10.1 Å². The molecule has 0 saturated carbocycles. The number of aromatic nitrogens is 2. The van der Waals surface area contributed by atoms with Crippen molar-refractivity contribution in [3.63, 3.8) is 0 Å². The zero-order valence-electron chi connectivity index (χ0n) is 15.1. The fourth-order valence-corrected chi connectivity index (χ4v) is 3.06. The van der Waals surface area contributed by atoms with Crippen LogP contribution in [-0.2, 0) is 0 Å². The molecule has 0 spiro atoms. The van der Waals surface area contributed by atoms with Crippen LogP contribution < -0.4 is 9.47 Å². The zero-order valence-corrected chi connectivity index (χ0v) is 15.1. The quantitative estimate of drug-likeness (QED) is 0.692. The van der Waals surface area contributed by atoms with Gasteiger partial charge in [0.25, 0.3) is 5.91 Å². The lowest BCUT2D eigenvalue weighted by Gasteiger charge is -2.37. The van der Waals surface area contributed by atoms with Gasteiger partial charge in [-0.2, -0.15) is 4.98 Å². The highest BCUT2D eigenvalue weighted by molar-refractivity contribution is 5.95. The summed E-state index contributed by atoms with van der Waals surface area (Å²) in [5.41, 5.74) is 1.46. The van der Waals surface area contributed by atoms with Crippen LogP contribution in [0.15, 0.2) is 53.1 Å². The number of amides is 1. The van der Waals surface area contributed by atoms with Gasteiger partial charge < -0.3 is 18.9 Å². The second-order valence-corrected chi connectivity index (χ2v) is 6.30. The van der Waals surface area contributed by atoms with E-state index in [0.717, 1.165) is 5.56 Å². The average Bonchev–Trinajstić information content (AvgIpc) is 3.16. The van der Waals surface area contributed by atoms with E-state index in [1.165, 1.54) is 0 Å². The van der Waals surface area contributed by atoms with E-state index in [-0.39, 0.29) is 11.8 Å². The number of hydrogen-bond donors (Lipinski definition) is 0. The highest BCUT2D eigenvalue weighted by atomic mass is 16.5. The molecular formula is C20H19N3O4. The lowest BCUT2D eigenvalue weighted by molar-refractivity contribution is 0.0569. The third kappa shape index (κ3) is 3.23. The van der Waals surface area contributed by atoms with Gasteiger partial charge in [0, 0.05) is 24.2 Å². The van der Waals surface area contributed by atoms with Gasteiger partial charge in [0.15, 0.2) is 11.5 Å². The first-order valence-corrected chi connectivity index (χ1v) is 8.60. The third-order valence-electron chi connectivity index (χ3n) is 4.62.